The van der Waals surface area contributed by atoms with Gasteiger partial charge in [-0.15, -0.1) is 0 Å². The van der Waals surface area contributed by atoms with E-state index in [2.05, 4.69) is 42.0 Å². The average Bonchev–Trinajstić information content (AvgIpc) is 2.43. The maximum Gasteiger partial charge on any atom is 0.162 e. The van der Waals surface area contributed by atoms with E-state index in [-0.39, 0.29) is 0 Å². The number of halogens is 1. The van der Waals surface area contributed by atoms with Gasteiger partial charge in [-0.1, -0.05) is 29.8 Å². The predicted octanol–water partition coefficient (Wildman–Crippen LogP) is 4.13. The van der Waals surface area contributed by atoms with E-state index in [1.54, 1.807) is 7.11 Å². The fourth-order valence-electron chi connectivity index (χ4n) is 1.63. The van der Waals surface area contributed by atoms with E-state index in [1.165, 1.54) is 5.56 Å². The lowest BCUT2D eigenvalue weighted by molar-refractivity contribution is 0.294. The fraction of sp³-hybridized carbons (Fsp3) is 0.600. The first-order valence-corrected chi connectivity index (χ1v) is 7.64. The summed E-state index contributed by atoms with van der Waals surface area (Å²) in [7, 11) is 1.67. The van der Waals surface area contributed by atoms with Crippen LogP contribution in [0, 0.1) is 0 Å². The molecular weight excluding hydrogens is 306 g/mol. The number of nitrogens with one attached hydrogen (secondary N) is 1. The largest absolute Gasteiger partial charge is 0.493 e. The van der Waals surface area contributed by atoms with Crippen LogP contribution in [0.3, 0.4) is 0 Å². The second-order valence-electron chi connectivity index (χ2n) is 4.63. The summed E-state index contributed by atoms with van der Waals surface area (Å²) in [5.74, 6) is 1.58. The predicted molar refractivity (Wildman–Crippen MR) is 83.1 cm³/mol. The van der Waals surface area contributed by atoms with Gasteiger partial charge in [-0.05, 0) is 37.5 Å². The van der Waals surface area contributed by atoms with Gasteiger partial charge in [0, 0.05) is 17.1 Å². The van der Waals surface area contributed by atoms with Crippen molar-refractivity contribution in [1.29, 1.82) is 0 Å². The van der Waals surface area contributed by atoms with E-state index >= 15 is 0 Å². The number of rotatable bonds is 8. The highest BCUT2D eigenvalue weighted by atomic mass is 79.9. The van der Waals surface area contributed by atoms with Crippen molar-refractivity contribution in [3.8, 4) is 11.5 Å². The Bertz CT molecular complexity index is 396. The molecule has 108 valence electrons. The molecule has 1 rings (SSSR count). The van der Waals surface area contributed by atoms with E-state index < -0.39 is 0 Å². The minimum Gasteiger partial charge on any atom is -0.493 e. The third-order valence-corrected chi connectivity index (χ3v) is 3.79. The lowest BCUT2D eigenvalue weighted by Crippen LogP contribution is -2.24. The van der Waals surface area contributed by atoms with Crippen LogP contribution < -0.4 is 14.8 Å². The van der Waals surface area contributed by atoms with Crippen molar-refractivity contribution in [3.05, 3.63) is 22.2 Å². The second kappa shape index (κ2) is 8.43. The van der Waals surface area contributed by atoms with Crippen LogP contribution in [0.15, 0.2) is 16.6 Å². The first kappa shape index (κ1) is 16.3. The molecule has 1 atom stereocenters. The van der Waals surface area contributed by atoms with Crippen molar-refractivity contribution in [1.82, 2.24) is 5.32 Å². The Hall–Kier alpha value is -0.740. The zero-order valence-corrected chi connectivity index (χ0v) is 13.8. The van der Waals surface area contributed by atoms with Crippen molar-refractivity contribution in [2.75, 3.05) is 13.7 Å². The Morgan fingerprint density at radius 1 is 1.26 bits per heavy atom. The van der Waals surface area contributed by atoms with Crippen LogP contribution in [0.2, 0.25) is 0 Å². The summed E-state index contributed by atoms with van der Waals surface area (Å²) in [6.07, 6.45) is 2.10. The van der Waals surface area contributed by atoms with Gasteiger partial charge >= 0.3 is 0 Å². The zero-order valence-electron chi connectivity index (χ0n) is 12.3. The molecule has 0 saturated heterocycles. The number of benzene rings is 1. The third kappa shape index (κ3) is 5.03. The number of hydrogen-bond donors (Lipinski definition) is 1. The summed E-state index contributed by atoms with van der Waals surface area (Å²) in [5.41, 5.74) is 1.18. The van der Waals surface area contributed by atoms with E-state index in [0.717, 1.165) is 35.4 Å². The lowest BCUT2D eigenvalue weighted by atomic mass is 10.1. The number of methoxy groups -OCH3 is 1. The quantitative estimate of drug-likeness (QED) is 0.777. The molecule has 0 spiro atoms. The summed E-state index contributed by atoms with van der Waals surface area (Å²) < 4.78 is 12.1. The molecule has 0 saturated carbocycles. The van der Waals surface area contributed by atoms with Gasteiger partial charge < -0.3 is 14.8 Å². The van der Waals surface area contributed by atoms with Gasteiger partial charge in [0.1, 0.15) is 0 Å². The Kier molecular flexibility index (Phi) is 7.24. The maximum absolute atomic E-state index is 5.68. The van der Waals surface area contributed by atoms with Gasteiger partial charge in [0.25, 0.3) is 0 Å². The van der Waals surface area contributed by atoms with Crippen LogP contribution in [-0.2, 0) is 6.54 Å². The van der Waals surface area contributed by atoms with Crippen molar-refractivity contribution >= 4 is 15.9 Å². The lowest BCUT2D eigenvalue weighted by Gasteiger charge is -2.16. The molecule has 0 aliphatic heterocycles. The zero-order chi connectivity index (χ0) is 14.3. The van der Waals surface area contributed by atoms with Crippen LogP contribution in [0.4, 0.5) is 0 Å². The van der Waals surface area contributed by atoms with Gasteiger partial charge in [-0.2, -0.15) is 0 Å². The third-order valence-electron chi connectivity index (χ3n) is 3.05. The molecule has 0 bridgehead atoms. The second-order valence-corrected chi connectivity index (χ2v) is 5.49. The minimum atomic E-state index is 0.508. The molecule has 1 N–H and O–H groups in total. The number of hydrogen-bond acceptors (Lipinski definition) is 3. The molecular formula is C15H24BrNO2. The Labute approximate surface area is 124 Å². The first-order valence-electron chi connectivity index (χ1n) is 6.84. The summed E-state index contributed by atoms with van der Waals surface area (Å²) in [5, 5.41) is 3.48. The van der Waals surface area contributed by atoms with Gasteiger partial charge in [0.05, 0.1) is 13.7 Å². The van der Waals surface area contributed by atoms with Crippen molar-refractivity contribution in [2.45, 2.75) is 46.2 Å². The summed E-state index contributed by atoms with van der Waals surface area (Å²) in [6.45, 7) is 7.97. The molecule has 0 radical (unpaired) electrons. The molecule has 19 heavy (non-hydrogen) atoms. The summed E-state index contributed by atoms with van der Waals surface area (Å²) >= 11 is 3.60. The normalized spacial score (nSPS) is 12.3. The van der Waals surface area contributed by atoms with Gasteiger partial charge in [0.2, 0.25) is 0 Å². The first-order chi connectivity index (χ1) is 9.12. The molecule has 1 aromatic rings. The molecule has 0 aliphatic rings. The van der Waals surface area contributed by atoms with E-state index in [4.69, 9.17) is 9.47 Å². The van der Waals surface area contributed by atoms with Crippen molar-refractivity contribution < 1.29 is 9.47 Å². The SMILES string of the molecule is CCCOc1cc(Br)c(CNC(C)CC)cc1OC. The fourth-order valence-corrected chi connectivity index (χ4v) is 2.09. The van der Waals surface area contributed by atoms with E-state index in [0.29, 0.717) is 12.6 Å². The van der Waals surface area contributed by atoms with Crippen LogP contribution in [0.25, 0.3) is 0 Å². The van der Waals surface area contributed by atoms with Gasteiger partial charge in [0.15, 0.2) is 11.5 Å². The molecule has 0 amide bonds. The van der Waals surface area contributed by atoms with Crippen molar-refractivity contribution in [3.63, 3.8) is 0 Å². The molecule has 0 aliphatic carbocycles. The highest BCUT2D eigenvalue weighted by molar-refractivity contribution is 9.10. The van der Waals surface area contributed by atoms with Gasteiger partial charge in [-0.3, -0.25) is 0 Å². The molecule has 4 heteroatoms. The van der Waals surface area contributed by atoms with E-state index in [9.17, 15) is 0 Å². The van der Waals surface area contributed by atoms with Crippen LogP contribution in [0.5, 0.6) is 11.5 Å². The maximum atomic E-state index is 5.68. The van der Waals surface area contributed by atoms with Crippen LogP contribution in [0.1, 0.15) is 39.2 Å². The molecule has 0 heterocycles. The standard InChI is InChI=1S/C15H24BrNO2/c1-5-7-19-15-9-13(16)12(8-14(15)18-4)10-17-11(3)6-2/h8-9,11,17H,5-7,10H2,1-4H3. The molecule has 0 aromatic heterocycles. The molecule has 0 fully saturated rings. The summed E-state index contributed by atoms with van der Waals surface area (Å²) in [4.78, 5) is 0. The minimum absolute atomic E-state index is 0.508. The average molecular weight is 330 g/mol. The van der Waals surface area contributed by atoms with Crippen LogP contribution in [-0.4, -0.2) is 19.8 Å². The molecule has 1 unspecified atom stereocenters. The van der Waals surface area contributed by atoms with Gasteiger partial charge in [-0.25, -0.2) is 0 Å². The molecule has 1 aromatic carbocycles. The Balaban J connectivity index is 2.83. The van der Waals surface area contributed by atoms with E-state index in [1.807, 2.05) is 12.1 Å². The monoisotopic (exact) mass is 329 g/mol. The number of ether oxygens (including phenoxy) is 2. The Morgan fingerprint density at radius 3 is 2.58 bits per heavy atom. The highest BCUT2D eigenvalue weighted by Gasteiger charge is 2.10. The molecule has 3 nitrogen and oxygen atoms in total. The topological polar surface area (TPSA) is 30.5 Å². The highest BCUT2D eigenvalue weighted by Crippen LogP contribution is 2.33. The summed E-state index contributed by atoms with van der Waals surface area (Å²) in [6, 6.07) is 4.53. The smallest absolute Gasteiger partial charge is 0.162 e. The Morgan fingerprint density at radius 2 is 2.00 bits per heavy atom. The van der Waals surface area contributed by atoms with Crippen LogP contribution >= 0.6 is 15.9 Å². The van der Waals surface area contributed by atoms with Crippen molar-refractivity contribution in [2.24, 2.45) is 0 Å².